The third-order valence-electron chi connectivity index (χ3n) is 3.71. The van der Waals surface area contributed by atoms with Gasteiger partial charge in [-0.1, -0.05) is 5.21 Å². The normalized spacial score (nSPS) is 10.6. The fraction of sp³-hybridized carbons (Fsp3) is 0.188. The topological polar surface area (TPSA) is 155 Å². The number of nitrogens with two attached hydrogens (primary N) is 1. The molecule has 0 unspecified atom stereocenters. The molecule has 3 aromatic rings. The van der Waals surface area contributed by atoms with E-state index in [1.807, 2.05) is 0 Å². The van der Waals surface area contributed by atoms with Crippen molar-refractivity contribution in [3.05, 3.63) is 69.4 Å². The second-order valence-electron chi connectivity index (χ2n) is 5.72. The molecule has 0 aliphatic heterocycles. The highest BCUT2D eigenvalue weighted by atomic mass is 16.6. The monoisotopic (exact) mass is 368 g/mol. The number of hydrogen-bond acceptors (Lipinski definition) is 8. The molecule has 1 amide bonds. The van der Waals surface area contributed by atoms with Crippen LogP contribution >= 0.6 is 0 Å². The van der Waals surface area contributed by atoms with E-state index in [1.54, 1.807) is 24.0 Å². The number of carbonyl (C=O) groups is 1. The Kier molecular flexibility index (Phi) is 5.01. The van der Waals surface area contributed by atoms with E-state index in [2.05, 4.69) is 25.6 Å². The number of nitrogen functional groups attached to an aromatic ring is 1. The molecule has 0 aliphatic rings. The quantitative estimate of drug-likeness (QED) is 0.479. The Morgan fingerprint density at radius 1 is 1.33 bits per heavy atom. The lowest BCUT2D eigenvalue weighted by Gasteiger charge is -2.04. The fourth-order valence-corrected chi connectivity index (χ4v) is 2.31. The van der Waals surface area contributed by atoms with Crippen molar-refractivity contribution in [2.75, 3.05) is 5.73 Å². The molecule has 3 N–H and O–H groups in total. The van der Waals surface area contributed by atoms with Gasteiger partial charge in [0, 0.05) is 29.5 Å². The lowest BCUT2D eigenvalue weighted by atomic mass is 10.2. The maximum atomic E-state index is 12.1. The molecule has 0 atom stereocenters. The molecule has 1 aromatic carbocycles. The molecule has 27 heavy (non-hydrogen) atoms. The van der Waals surface area contributed by atoms with E-state index >= 15 is 0 Å². The van der Waals surface area contributed by atoms with Crippen molar-refractivity contribution in [1.82, 2.24) is 30.3 Å². The number of nitro groups is 1. The number of amides is 1. The van der Waals surface area contributed by atoms with Gasteiger partial charge >= 0.3 is 0 Å². The van der Waals surface area contributed by atoms with Gasteiger partial charge < -0.3 is 11.1 Å². The first-order chi connectivity index (χ1) is 12.9. The zero-order chi connectivity index (χ0) is 19.4. The molecule has 138 valence electrons. The van der Waals surface area contributed by atoms with Crippen LogP contribution < -0.4 is 11.1 Å². The van der Waals surface area contributed by atoms with Crippen molar-refractivity contribution in [2.24, 2.45) is 0 Å². The van der Waals surface area contributed by atoms with E-state index in [0.29, 0.717) is 35.0 Å². The van der Waals surface area contributed by atoms with Crippen molar-refractivity contribution >= 4 is 17.4 Å². The average molecular weight is 368 g/mol. The number of nitrogens with zero attached hydrogens (tertiary/aromatic N) is 6. The Labute approximate surface area is 153 Å². The van der Waals surface area contributed by atoms with Gasteiger partial charge in [-0.3, -0.25) is 14.9 Å². The van der Waals surface area contributed by atoms with E-state index in [-0.39, 0.29) is 18.1 Å². The van der Waals surface area contributed by atoms with Crippen LogP contribution in [0.5, 0.6) is 0 Å². The Morgan fingerprint density at radius 2 is 2.07 bits per heavy atom. The summed E-state index contributed by atoms with van der Waals surface area (Å²) in [4.78, 5) is 30.4. The molecule has 0 bridgehead atoms. The van der Waals surface area contributed by atoms with Gasteiger partial charge in [0.15, 0.2) is 0 Å². The molecule has 0 fully saturated rings. The summed E-state index contributed by atoms with van der Waals surface area (Å²) in [6, 6.07) is 5.34. The average Bonchev–Trinajstić information content (AvgIpc) is 3.09. The predicted octanol–water partition coefficient (Wildman–Crippen LogP) is 0.845. The fourth-order valence-electron chi connectivity index (χ4n) is 2.31. The highest BCUT2D eigenvalue weighted by Crippen LogP contribution is 2.12. The van der Waals surface area contributed by atoms with E-state index < -0.39 is 4.92 Å². The number of carbonyl (C=O) groups excluding carboxylic acids is 1. The number of nitro benzene ring substituents is 1. The molecule has 0 spiro atoms. The molecular formula is C16H16N8O3. The Balaban J connectivity index is 1.59. The van der Waals surface area contributed by atoms with Crippen LogP contribution in [0.2, 0.25) is 0 Å². The summed E-state index contributed by atoms with van der Waals surface area (Å²) >= 11 is 0. The van der Waals surface area contributed by atoms with Gasteiger partial charge in [-0.25, -0.2) is 14.6 Å². The number of benzene rings is 1. The molecule has 0 saturated carbocycles. The van der Waals surface area contributed by atoms with Gasteiger partial charge in [0.05, 0.1) is 24.2 Å². The minimum Gasteiger partial charge on any atom is -0.383 e. The van der Waals surface area contributed by atoms with Crippen LogP contribution in [0.1, 0.15) is 27.4 Å². The number of hydrogen-bond donors (Lipinski definition) is 2. The van der Waals surface area contributed by atoms with Gasteiger partial charge in [0.25, 0.3) is 11.6 Å². The molecule has 3 rings (SSSR count). The van der Waals surface area contributed by atoms with Crippen molar-refractivity contribution < 1.29 is 9.72 Å². The van der Waals surface area contributed by atoms with E-state index in [0.717, 1.165) is 0 Å². The summed E-state index contributed by atoms with van der Waals surface area (Å²) in [5, 5.41) is 21.3. The van der Waals surface area contributed by atoms with Crippen molar-refractivity contribution in [3.8, 4) is 0 Å². The van der Waals surface area contributed by atoms with Crippen molar-refractivity contribution in [2.45, 2.75) is 20.0 Å². The first-order valence-corrected chi connectivity index (χ1v) is 7.92. The summed E-state index contributed by atoms with van der Waals surface area (Å²) < 4.78 is 1.57. The standard InChI is InChI=1S/C16H16N8O3/c1-10-18-6-12(15(17)20-10)8-23-9-13(21-22-23)7-19-16(25)11-2-4-14(5-3-11)24(26)27/h2-6,9H,7-8H2,1H3,(H,19,25)(H2,17,18,20). The number of anilines is 1. The molecule has 2 aromatic heterocycles. The zero-order valence-corrected chi connectivity index (χ0v) is 14.4. The number of aryl methyl sites for hydroxylation is 1. The summed E-state index contributed by atoms with van der Waals surface area (Å²) in [6.45, 7) is 2.27. The lowest BCUT2D eigenvalue weighted by molar-refractivity contribution is -0.384. The van der Waals surface area contributed by atoms with Crippen LogP contribution in [0, 0.1) is 17.0 Å². The summed E-state index contributed by atoms with van der Waals surface area (Å²) in [7, 11) is 0. The molecular weight excluding hydrogens is 352 g/mol. The van der Waals surface area contributed by atoms with Crippen LogP contribution in [0.25, 0.3) is 0 Å². The highest BCUT2D eigenvalue weighted by Gasteiger charge is 2.11. The summed E-state index contributed by atoms with van der Waals surface area (Å²) in [6.07, 6.45) is 3.31. The summed E-state index contributed by atoms with van der Waals surface area (Å²) in [5.41, 5.74) is 7.37. The Hall–Kier alpha value is -3.89. The SMILES string of the molecule is Cc1ncc(Cn2cc(CNC(=O)c3ccc([N+](=O)[O-])cc3)nn2)c(N)n1. The van der Waals surface area contributed by atoms with Gasteiger partial charge in [-0.05, 0) is 19.1 Å². The lowest BCUT2D eigenvalue weighted by Crippen LogP contribution is -2.22. The second kappa shape index (κ2) is 7.56. The van der Waals surface area contributed by atoms with Gasteiger partial charge in [0.1, 0.15) is 17.3 Å². The van der Waals surface area contributed by atoms with Crippen molar-refractivity contribution in [3.63, 3.8) is 0 Å². The largest absolute Gasteiger partial charge is 0.383 e. The number of nitrogens with one attached hydrogen (secondary N) is 1. The van der Waals surface area contributed by atoms with Gasteiger partial charge in [-0.2, -0.15) is 0 Å². The second-order valence-corrected chi connectivity index (χ2v) is 5.72. The number of non-ortho nitro benzene ring substituents is 1. The Morgan fingerprint density at radius 3 is 2.74 bits per heavy atom. The minimum absolute atomic E-state index is 0.0751. The van der Waals surface area contributed by atoms with Gasteiger partial charge in [-0.15, -0.1) is 5.10 Å². The van der Waals surface area contributed by atoms with Crippen LogP contribution in [0.4, 0.5) is 11.5 Å². The van der Waals surface area contributed by atoms with E-state index in [1.165, 1.54) is 24.3 Å². The van der Waals surface area contributed by atoms with Crippen LogP contribution in [0.15, 0.2) is 36.7 Å². The first kappa shape index (κ1) is 17.9. The van der Waals surface area contributed by atoms with E-state index in [9.17, 15) is 14.9 Å². The van der Waals surface area contributed by atoms with Crippen LogP contribution in [0.3, 0.4) is 0 Å². The third-order valence-corrected chi connectivity index (χ3v) is 3.71. The first-order valence-electron chi connectivity index (χ1n) is 7.92. The highest BCUT2D eigenvalue weighted by molar-refractivity contribution is 5.94. The van der Waals surface area contributed by atoms with Crippen LogP contribution in [-0.4, -0.2) is 35.8 Å². The molecule has 11 nitrogen and oxygen atoms in total. The molecule has 2 heterocycles. The van der Waals surface area contributed by atoms with Gasteiger partial charge in [0.2, 0.25) is 0 Å². The van der Waals surface area contributed by atoms with Crippen molar-refractivity contribution in [1.29, 1.82) is 0 Å². The molecule has 0 aliphatic carbocycles. The zero-order valence-electron chi connectivity index (χ0n) is 14.4. The molecule has 0 radical (unpaired) electrons. The van der Waals surface area contributed by atoms with Crippen LogP contribution in [-0.2, 0) is 13.1 Å². The number of aromatic nitrogens is 5. The maximum Gasteiger partial charge on any atom is 0.269 e. The van der Waals surface area contributed by atoms with E-state index in [4.69, 9.17) is 5.73 Å². The molecule has 0 saturated heterocycles. The number of rotatable bonds is 6. The summed E-state index contributed by atoms with van der Waals surface area (Å²) in [5.74, 6) is 0.603. The Bertz CT molecular complexity index is 984. The maximum absolute atomic E-state index is 12.1. The predicted molar refractivity (Wildman–Crippen MR) is 94.6 cm³/mol. The smallest absolute Gasteiger partial charge is 0.269 e. The third kappa shape index (κ3) is 4.39. The molecule has 11 heteroatoms. The minimum atomic E-state index is -0.522.